The number of likely N-dealkylation sites (N-methyl/N-ethyl adjacent to an activating group) is 1. The van der Waals surface area contributed by atoms with E-state index in [1.165, 1.54) is 11.8 Å². The van der Waals surface area contributed by atoms with Crippen LogP contribution in [-0.4, -0.2) is 65.4 Å². The molecule has 1 fully saturated rings. The molecule has 2 heterocycles. The molecule has 0 unspecified atom stereocenters. The van der Waals surface area contributed by atoms with Gasteiger partial charge in [0, 0.05) is 19.0 Å². The van der Waals surface area contributed by atoms with Crippen LogP contribution in [0.3, 0.4) is 0 Å². The standard InChI is InChI=1S/C20H25N3O6S/c1-3-23(14-10-11-30(27,28)12-14)20(26)13(2)29-18(24)9-8-17-21-16-7-5-4-6-15(16)19(25)22-17/h4-7,13-14H,3,8-12H2,1-2H3,(H,21,22,25)/t13-,14+/m0/s1. The minimum Gasteiger partial charge on any atom is -0.453 e. The molecule has 0 saturated carbocycles. The molecule has 0 bridgehead atoms. The molecule has 1 aromatic heterocycles. The maximum Gasteiger partial charge on any atom is 0.307 e. The lowest BCUT2D eigenvalue weighted by molar-refractivity contribution is -0.160. The molecule has 1 aliphatic rings. The molecule has 9 nitrogen and oxygen atoms in total. The van der Waals surface area contributed by atoms with E-state index in [1.807, 2.05) is 0 Å². The van der Waals surface area contributed by atoms with Crippen molar-refractivity contribution in [1.82, 2.24) is 14.9 Å². The lowest BCUT2D eigenvalue weighted by atomic mass is 10.2. The Labute approximate surface area is 174 Å². The first-order valence-corrected chi connectivity index (χ1v) is 11.7. The Balaban J connectivity index is 1.57. The Bertz CT molecular complexity index is 1110. The summed E-state index contributed by atoms with van der Waals surface area (Å²) in [6, 6.07) is 6.52. The lowest BCUT2D eigenvalue weighted by Gasteiger charge is -2.29. The fourth-order valence-electron chi connectivity index (χ4n) is 3.63. The Morgan fingerprint density at radius 3 is 2.73 bits per heavy atom. The van der Waals surface area contributed by atoms with Gasteiger partial charge in [-0.25, -0.2) is 13.4 Å². The number of para-hydroxylation sites is 1. The number of H-pyrrole nitrogens is 1. The van der Waals surface area contributed by atoms with Gasteiger partial charge in [0.1, 0.15) is 5.82 Å². The van der Waals surface area contributed by atoms with Crippen LogP contribution in [0.1, 0.15) is 32.5 Å². The predicted molar refractivity (Wildman–Crippen MR) is 111 cm³/mol. The van der Waals surface area contributed by atoms with Crippen LogP contribution in [0.4, 0.5) is 0 Å². The van der Waals surface area contributed by atoms with Gasteiger partial charge in [-0.1, -0.05) is 12.1 Å². The number of fused-ring (bicyclic) bond motifs is 1. The van der Waals surface area contributed by atoms with Gasteiger partial charge in [0.2, 0.25) is 0 Å². The average Bonchev–Trinajstić information content (AvgIpc) is 3.06. The number of hydrogen-bond acceptors (Lipinski definition) is 7. The molecule has 1 N–H and O–H groups in total. The van der Waals surface area contributed by atoms with Gasteiger partial charge in [0.25, 0.3) is 11.5 Å². The van der Waals surface area contributed by atoms with E-state index in [2.05, 4.69) is 9.97 Å². The molecule has 1 aliphatic heterocycles. The molecule has 30 heavy (non-hydrogen) atoms. The first-order valence-electron chi connectivity index (χ1n) is 9.88. The monoisotopic (exact) mass is 435 g/mol. The molecule has 0 radical (unpaired) electrons. The van der Waals surface area contributed by atoms with E-state index in [9.17, 15) is 22.8 Å². The number of carbonyl (C=O) groups excluding carboxylic acids is 2. The summed E-state index contributed by atoms with van der Waals surface area (Å²) in [5.74, 6) is -0.645. The summed E-state index contributed by atoms with van der Waals surface area (Å²) in [4.78, 5) is 45.4. The van der Waals surface area contributed by atoms with Gasteiger partial charge in [0.15, 0.2) is 15.9 Å². The average molecular weight is 436 g/mol. The summed E-state index contributed by atoms with van der Waals surface area (Å²) in [5, 5.41) is 0.469. The number of rotatable bonds is 7. The van der Waals surface area contributed by atoms with E-state index in [0.29, 0.717) is 29.7 Å². The van der Waals surface area contributed by atoms with Crippen LogP contribution in [-0.2, 0) is 30.6 Å². The summed E-state index contributed by atoms with van der Waals surface area (Å²) >= 11 is 0. The third-order valence-electron chi connectivity index (χ3n) is 5.16. The van der Waals surface area contributed by atoms with Crippen molar-refractivity contribution < 1.29 is 22.7 Å². The van der Waals surface area contributed by atoms with E-state index >= 15 is 0 Å². The molecule has 1 amide bonds. The first-order chi connectivity index (χ1) is 14.2. The second-order valence-electron chi connectivity index (χ2n) is 7.34. The Hall–Kier alpha value is -2.75. The van der Waals surface area contributed by atoms with Crippen molar-refractivity contribution in [1.29, 1.82) is 0 Å². The van der Waals surface area contributed by atoms with Gasteiger partial charge in [-0.3, -0.25) is 14.4 Å². The van der Waals surface area contributed by atoms with Crippen molar-refractivity contribution in [3.8, 4) is 0 Å². The third kappa shape index (κ3) is 5.05. The van der Waals surface area contributed by atoms with Crippen molar-refractivity contribution in [3.05, 3.63) is 40.4 Å². The fraction of sp³-hybridized carbons (Fsp3) is 0.500. The van der Waals surface area contributed by atoms with Crippen LogP contribution in [0.5, 0.6) is 0 Å². The molecular weight excluding hydrogens is 410 g/mol. The number of amides is 1. The number of hydrogen-bond donors (Lipinski definition) is 1. The van der Waals surface area contributed by atoms with E-state index in [0.717, 1.165) is 0 Å². The Kier molecular flexibility index (Phi) is 6.55. The predicted octanol–water partition coefficient (Wildman–Crippen LogP) is 0.823. The maximum absolute atomic E-state index is 12.7. The molecule has 1 saturated heterocycles. The van der Waals surface area contributed by atoms with E-state index in [1.54, 1.807) is 31.2 Å². The van der Waals surface area contributed by atoms with Crippen molar-refractivity contribution >= 4 is 32.6 Å². The number of sulfone groups is 1. The molecule has 3 rings (SSSR count). The summed E-state index contributed by atoms with van der Waals surface area (Å²) in [7, 11) is -3.13. The SMILES string of the molecule is CCN(C(=O)[C@H](C)OC(=O)CCc1nc2ccccc2c(=O)[nH]1)[C@@H]1CCS(=O)(=O)C1. The van der Waals surface area contributed by atoms with Crippen molar-refractivity contribution in [3.63, 3.8) is 0 Å². The van der Waals surface area contributed by atoms with E-state index in [-0.39, 0.29) is 35.9 Å². The second kappa shape index (κ2) is 8.95. The maximum atomic E-state index is 12.7. The number of nitrogens with zero attached hydrogens (tertiary/aromatic N) is 2. The quantitative estimate of drug-likeness (QED) is 0.638. The highest BCUT2D eigenvalue weighted by molar-refractivity contribution is 7.91. The van der Waals surface area contributed by atoms with Crippen molar-refractivity contribution in [2.45, 2.75) is 45.3 Å². The van der Waals surface area contributed by atoms with Gasteiger partial charge in [-0.2, -0.15) is 0 Å². The summed E-state index contributed by atoms with van der Waals surface area (Å²) < 4.78 is 28.7. The zero-order valence-corrected chi connectivity index (χ0v) is 17.8. The van der Waals surface area contributed by atoms with Gasteiger partial charge in [0.05, 0.1) is 28.8 Å². The molecule has 1 aromatic carbocycles. The van der Waals surface area contributed by atoms with Crippen LogP contribution in [0.2, 0.25) is 0 Å². The van der Waals surface area contributed by atoms with E-state index in [4.69, 9.17) is 4.74 Å². The van der Waals surface area contributed by atoms with Gasteiger partial charge >= 0.3 is 5.97 Å². The third-order valence-corrected chi connectivity index (χ3v) is 6.91. The second-order valence-corrected chi connectivity index (χ2v) is 9.57. The van der Waals surface area contributed by atoms with E-state index < -0.39 is 27.8 Å². The summed E-state index contributed by atoms with van der Waals surface area (Å²) in [6.07, 6.45) is -0.519. The molecule has 162 valence electrons. The minimum atomic E-state index is -3.13. The number of aromatic amines is 1. The van der Waals surface area contributed by atoms with Crippen LogP contribution in [0.25, 0.3) is 10.9 Å². The fourth-order valence-corrected chi connectivity index (χ4v) is 5.36. The van der Waals surface area contributed by atoms with Crippen molar-refractivity contribution in [2.24, 2.45) is 0 Å². The molecule has 2 aromatic rings. The summed E-state index contributed by atoms with van der Waals surface area (Å²) in [5.41, 5.74) is 0.260. The van der Waals surface area contributed by atoms with Crippen LogP contribution in [0, 0.1) is 0 Å². The largest absolute Gasteiger partial charge is 0.453 e. The minimum absolute atomic E-state index is 0.0527. The summed E-state index contributed by atoms with van der Waals surface area (Å²) in [6.45, 7) is 3.57. The molecule has 0 aliphatic carbocycles. The highest BCUT2D eigenvalue weighted by Crippen LogP contribution is 2.19. The normalized spacial score (nSPS) is 18.8. The zero-order valence-electron chi connectivity index (χ0n) is 17.0. The Morgan fingerprint density at radius 1 is 1.33 bits per heavy atom. The number of nitrogens with one attached hydrogen (secondary N) is 1. The van der Waals surface area contributed by atoms with Crippen molar-refractivity contribution in [2.75, 3.05) is 18.1 Å². The van der Waals surface area contributed by atoms with Gasteiger partial charge in [-0.15, -0.1) is 0 Å². The number of ether oxygens (including phenoxy) is 1. The number of esters is 1. The first kappa shape index (κ1) is 21.9. The topological polar surface area (TPSA) is 126 Å². The van der Waals surface area contributed by atoms with Crippen LogP contribution >= 0.6 is 0 Å². The Morgan fingerprint density at radius 2 is 2.07 bits per heavy atom. The molecule has 2 atom stereocenters. The van der Waals surface area contributed by atoms with Crippen LogP contribution in [0.15, 0.2) is 29.1 Å². The number of aromatic nitrogens is 2. The molecule has 10 heteroatoms. The molecular formula is C20H25N3O6S. The van der Waals surface area contributed by atoms with Gasteiger partial charge in [-0.05, 0) is 32.4 Å². The highest BCUT2D eigenvalue weighted by Gasteiger charge is 2.36. The number of aryl methyl sites for hydroxylation is 1. The molecule has 0 spiro atoms. The smallest absolute Gasteiger partial charge is 0.307 e. The van der Waals surface area contributed by atoms with Gasteiger partial charge < -0.3 is 14.6 Å². The zero-order chi connectivity index (χ0) is 21.9. The highest BCUT2D eigenvalue weighted by atomic mass is 32.2. The number of benzene rings is 1. The number of carbonyl (C=O) groups is 2. The van der Waals surface area contributed by atoms with Crippen LogP contribution < -0.4 is 5.56 Å². The lowest BCUT2D eigenvalue weighted by Crippen LogP contribution is -2.46.